The van der Waals surface area contributed by atoms with Crippen LogP contribution in [0.15, 0.2) is 24.3 Å². The van der Waals surface area contributed by atoms with Crippen LogP contribution in [0.25, 0.3) is 0 Å². The van der Waals surface area contributed by atoms with Gasteiger partial charge in [-0.05, 0) is 51.6 Å². The van der Waals surface area contributed by atoms with Crippen molar-refractivity contribution in [3.63, 3.8) is 0 Å². The highest BCUT2D eigenvalue weighted by atomic mass is 15.2. The molecule has 1 heteroatoms. The molecule has 1 fully saturated rings. The number of likely N-dealkylation sites (tertiary alicyclic amines) is 1. The van der Waals surface area contributed by atoms with Crippen molar-refractivity contribution in [2.45, 2.75) is 77.7 Å². The van der Waals surface area contributed by atoms with Crippen molar-refractivity contribution in [1.29, 1.82) is 0 Å². The van der Waals surface area contributed by atoms with E-state index in [0.29, 0.717) is 0 Å². The van der Waals surface area contributed by atoms with Gasteiger partial charge in [-0.2, -0.15) is 0 Å². The number of unbranched alkanes of at least 4 members (excludes halogenated alkanes) is 4. The minimum atomic E-state index is 0.854. The van der Waals surface area contributed by atoms with Crippen molar-refractivity contribution in [3.8, 4) is 0 Å². The van der Waals surface area contributed by atoms with Gasteiger partial charge in [0.2, 0.25) is 0 Å². The maximum Gasteiger partial charge on any atom is 0.00985 e. The molecule has 0 amide bonds. The molecular weight excluding hydrogens is 230 g/mol. The van der Waals surface area contributed by atoms with Crippen LogP contribution in [0.1, 0.15) is 71.6 Å². The van der Waals surface area contributed by atoms with E-state index in [-0.39, 0.29) is 0 Å². The Morgan fingerprint density at radius 1 is 1.00 bits per heavy atom. The summed E-state index contributed by atoms with van der Waals surface area (Å²) >= 11 is 0. The van der Waals surface area contributed by atoms with E-state index in [4.69, 9.17) is 0 Å². The van der Waals surface area contributed by atoms with Crippen LogP contribution in [0.5, 0.6) is 0 Å². The minimum Gasteiger partial charge on any atom is -0.301 e. The fraction of sp³-hybridized carbons (Fsp3) is 0.778. The molecule has 0 saturated carbocycles. The highest BCUT2D eigenvalue weighted by molar-refractivity contribution is 5.02. The van der Waals surface area contributed by atoms with Crippen molar-refractivity contribution >= 4 is 0 Å². The van der Waals surface area contributed by atoms with Gasteiger partial charge in [-0.25, -0.2) is 0 Å². The van der Waals surface area contributed by atoms with Gasteiger partial charge in [0.1, 0.15) is 0 Å². The molecule has 19 heavy (non-hydrogen) atoms. The van der Waals surface area contributed by atoms with E-state index in [9.17, 15) is 0 Å². The largest absolute Gasteiger partial charge is 0.301 e. The van der Waals surface area contributed by atoms with Crippen LogP contribution in [0.4, 0.5) is 0 Å². The molecule has 1 saturated heterocycles. The summed E-state index contributed by atoms with van der Waals surface area (Å²) in [6.07, 6.45) is 21.2. The maximum absolute atomic E-state index is 2.64. The van der Waals surface area contributed by atoms with Gasteiger partial charge in [-0.1, -0.05) is 57.4 Å². The zero-order chi connectivity index (χ0) is 13.8. The zero-order valence-electron chi connectivity index (χ0n) is 13.1. The van der Waals surface area contributed by atoms with E-state index in [2.05, 4.69) is 43.1 Å². The van der Waals surface area contributed by atoms with Crippen molar-refractivity contribution < 1.29 is 0 Å². The second-order valence-electron chi connectivity index (χ2n) is 5.71. The fourth-order valence-electron chi connectivity index (χ4n) is 2.97. The third-order valence-corrected chi connectivity index (χ3v) is 4.18. The van der Waals surface area contributed by atoms with E-state index in [1.165, 1.54) is 70.9 Å². The first-order valence-corrected chi connectivity index (χ1v) is 8.44. The molecule has 1 heterocycles. The van der Waals surface area contributed by atoms with Crippen LogP contribution < -0.4 is 0 Å². The third-order valence-electron chi connectivity index (χ3n) is 4.18. The first-order valence-electron chi connectivity index (χ1n) is 8.44. The number of nitrogens with zero attached hydrogens (tertiary/aromatic N) is 1. The van der Waals surface area contributed by atoms with Crippen LogP contribution in [-0.2, 0) is 0 Å². The van der Waals surface area contributed by atoms with E-state index < -0.39 is 0 Å². The predicted molar refractivity (Wildman–Crippen MR) is 86.5 cm³/mol. The van der Waals surface area contributed by atoms with Crippen LogP contribution in [0.2, 0.25) is 0 Å². The van der Waals surface area contributed by atoms with Gasteiger partial charge in [0.15, 0.2) is 0 Å². The molecule has 0 aliphatic carbocycles. The Kier molecular flexibility index (Phi) is 9.79. The van der Waals surface area contributed by atoms with Crippen molar-refractivity contribution in [1.82, 2.24) is 4.90 Å². The molecule has 1 aliphatic heterocycles. The summed E-state index contributed by atoms with van der Waals surface area (Å²) in [5, 5.41) is 0. The van der Waals surface area contributed by atoms with Gasteiger partial charge in [-0.3, -0.25) is 0 Å². The van der Waals surface area contributed by atoms with Crippen LogP contribution >= 0.6 is 0 Å². The predicted octanol–water partition coefficient (Wildman–Crippen LogP) is 5.33. The minimum absolute atomic E-state index is 0.854. The second kappa shape index (κ2) is 11.3. The van der Waals surface area contributed by atoms with Crippen molar-refractivity contribution in [3.05, 3.63) is 24.3 Å². The van der Waals surface area contributed by atoms with Gasteiger partial charge in [0.25, 0.3) is 0 Å². The van der Waals surface area contributed by atoms with Gasteiger partial charge in [-0.15, -0.1) is 0 Å². The lowest BCUT2D eigenvalue weighted by atomic mass is 10.1. The Labute approximate surface area is 120 Å². The summed E-state index contributed by atoms with van der Waals surface area (Å²) in [5.74, 6) is 0. The molecule has 0 radical (unpaired) electrons. The Morgan fingerprint density at radius 3 is 2.53 bits per heavy atom. The van der Waals surface area contributed by atoms with E-state index in [1.54, 1.807) is 0 Å². The molecule has 0 aromatic rings. The van der Waals surface area contributed by atoms with E-state index >= 15 is 0 Å². The van der Waals surface area contributed by atoms with Crippen molar-refractivity contribution in [2.75, 3.05) is 13.1 Å². The summed E-state index contributed by atoms with van der Waals surface area (Å²) in [4.78, 5) is 2.64. The first-order chi connectivity index (χ1) is 9.38. The molecule has 1 rings (SSSR count). The second-order valence-corrected chi connectivity index (χ2v) is 5.71. The van der Waals surface area contributed by atoms with Crippen LogP contribution in [0.3, 0.4) is 0 Å². The molecule has 0 bridgehead atoms. The molecule has 0 aromatic carbocycles. The smallest absolute Gasteiger partial charge is 0.00985 e. The van der Waals surface area contributed by atoms with Crippen LogP contribution in [0, 0.1) is 0 Å². The summed E-state index contributed by atoms with van der Waals surface area (Å²) in [7, 11) is 0. The molecule has 1 atom stereocenters. The Morgan fingerprint density at radius 2 is 1.79 bits per heavy atom. The zero-order valence-corrected chi connectivity index (χ0v) is 13.1. The Balaban J connectivity index is 1.99. The molecule has 110 valence electrons. The maximum atomic E-state index is 2.64. The quantitative estimate of drug-likeness (QED) is 0.380. The lowest BCUT2D eigenvalue weighted by Crippen LogP contribution is -2.28. The highest BCUT2D eigenvalue weighted by Crippen LogP contribution is 2.20. The summed E-state index contributed by atoms with van der Waals surface area (Å²) in [6.45, 7) is 7.10. The first kappa shape index (κ1) is 16.5. The van der Waals surface area contributed by atoms with Gasteiger partial charge in [0, 0.05) is 6.04 Å². The fourth-order valence-corrected chi connectivity index (χ4v) is 2.97. The Bertz CT molecular complexity index is 254. The van der Waals surface area contributed by atoms with Gasteiger partial charge in [0.05, 0.1) is 0 Å². The summed E-state index contributed by atoms with van der Waals surface area (Å²) in [6, 6.07) is 0.854. The number of allylic oxidation sites excluding steroid dienone is 4. The lowest BCUT2D eigenvalue weighted by molar-refractivity contribution is 0.257. The SMILES string of the molecule is CCCCCC/C=C/C=C/CCC1CCCN1CC. The monoisotopic (exact) mass is 263 g/mol. The summed E-state index contributed by atoms with van der Waals surface area (Å²) < 4.78 is 0. The lowest BCUT2D eigenvalue weighted by Gasteiger charge is -2.21. The molecule has 0 aromatic heterocycles. The highest BCUT2D eigenvalue weighted by Gasteiger charge is 2.21. The third kappa shape index (κ3) is 7.57. The number of hydrogen-bond donors (Lipinski definition) is 0. The standard InChI is InChI=1S/C18H33N/c1-3-5-6-7-8-9-10-11-12-13-15-18-16-14-17-19(18)4-2/h9-12,18H,3-8,13-17H2,1-2H3/b10-9+,12-11+. The summed E-state index contributed by atoms with van der Waals surface area (Å²) in [5.41, 5.74) is 0. The van der Waals surface area contributed by atoms with Crippen LogP contribution in [-0.4, -0.2) is 24.0 Å². The van der Waals surface area contributed by atoms with Crippen molar-refractivity contribution in [2.24, 2.45) is 0 Å². The van der Waals surface area contributed by atoms with Gasteiger partial charge < -0.3 is 4.90 Å². The molecule has 1 aliphatic rings. The van der Waals surface area contributed by atoms with Gasteiger partial charge >= 0.3 is 0 Å². The molecular formula is C18H33N. The molecule has 0 N–H and O–H groups in total. The molecule has 0 spiro atoms. The number of rotatable bonds is 10. The average Bonchev–Trinajstić information content (AvgIpc) is 2.88. The van der Waals surface area contributed by atoms with E-state index in [0.717, 1.165) is 6.04 Å². The average molecular weight is 263 g/mol. The van der Waals surface area contributed by atoms with E-state index in [1.807, 2.05) is 0 Å². The molecule has 1 nitrogen and oxygen atoms in total. The molecule has 1 unspecified atom stereocenters. The number of hydrogen-bond acceptors (Lipinski definition) is 1. The Hall–Kier alpha value is -0.560. The topological polar surface area (TPSA) is 3.24 Å². The normalized spacial score (nSPS) is 21.1.